The third-order valence-corrected chi connectivity index (χ3v) is 3.28. The lowest BCUT2D eigenvalue weighted by Gasteiger charge is -2.33. The van der Waals surface area contributed by atoms with Gasteiger partial charge < -0.3 is 15.7 Å². The highest BCUT2D eigenvalue weighted by Gasteiger charge is 2.28. The van der Waals surface area contributed by atoms with E-state index in [0.717, 1.165) is 6.42 Å². The van der Waals surface area contributed by atoms with Crippen molar-refractivity contribution in [3.05, 3.63) is 0 Å². The molecule has 0 bridgehead atoms. The minimum atomic E-state index is -0.997. The average Bonchev–Trinajstić information content (AvgIpc) is 2.18. The molecule has 0 aliphatic carbocycles. The van der Waals surface area contributed by atoms with Crippen molar-refractivity contribution in [1.82, 2.24) is 10.6 Å². The normalized spacial score (nSPS) is 13.7. The second-order valence-electron chi connectivity index (χ2n) is 6.89. The van der Waals surface area contributed by atoms with Gasteiger partial charge in [0.2, 0.25) is 0 Å². The molecule has 0 aromatic rings. The van der Waals surface area contributed by atoms with Gasteiger partial charge in [-0.15, -0.1) is 0 Å². The molecule has 0 saturated heterocycles. The summed E-state index contributed by atoms with van der Waals surface area (Å²) in [6.07, 6.45) is 3.13. The molecule has 2 amide bonds. The van der Waals surface area contributed by atoms with Crippen molar-refractivity contribution in [2.24, 2.45) is 5.41 Å². The van der Waals surface area contributed by atoms with Crippen LogP contribution in [0.15, 0.2) is 0 Å². The summed E-state index contributed by atoms with van der Waals surface area (Å²) < 4.78 is 0. The number of thioether (sulfide) groups is 1. The summed E-state index contributed by atoms with van der Waals surface area (Å²) in [6, 6.07) is -1.26. The lowest BCUT2D eigenvalue weighted by molar-refractivity contribution is -0.139. The third kappa shape index (κ3) is 9.07. The van der Waals surface area contributed by atoms with Gasteiger partial charge in [0.1, 0.15) is 6.04 Å². The quantitative estimate of drug-likeness (QED) is 0.676. The summed E-state index contributed by atoms with van der Waals surface area (Å²) in [5.74, 6) is -0.300. The highest BCUT2D eigenvalue weighted by molar-refractivity contribution is 7.98. The van der Waals surface area contributed by atoms with Gasteiger partial charge in [-0.3, -0.25) is 0 Å². The van der Waals surface area contributed by atoms with Gasteiger partial charge in [0.05, 0.1) is 0 Å². The Morgan fingerprint density at radius 2 is 1.75 bits per heavy atom. The summed E-state index contributed by atoms with van der Waals surface area (Å²) in [6.45, 7) is 10.2. The maximum Gasteiger partial charge on any atom is 0.326 e. The predicted octanol–water partition coefficient (Wildman–Crippen LogP) is 2.71. The van der Waals surface area contributed by atoms with Crippen molar-refractivity contribution in [2.75, 3.05) is 12.0 Å². The van der Waals surface area contributed by atoms with E-state index >= 15 is 0 Å². The number of amides is 2. The van der Waals surface area contributed by atoms with E-state index in [4.69, 9.17) is 5.11 Å². The Morgan fingerprint density at radius 3 is 2.15 bits per heavy atom. The maximum atomic E-state index is 11.9. The van der Waals surface area contributed by atoms with Crippen molar-refractivity contribution >= 4 is 23.8 Å². The first kappa shape index (κ1) is 19.1. The molecule has 0 unspecified atom stereocenters. The number of hydrogen-bond donors (Lipinski definition) is 3. The molecular weight excluding hydrogens is 276 g/mol. The summed E-state index contributed by atoms with van der Waals surface area (Å²) in [4.78, 5) is 23.0. The van der Waals surface area contributed by atoms with Gasteiger partial charge >= 0.3 is 12.0 Å². The van der Waals surface area contributed by atoms with Gasteiger partial charge in [0.25, 0.3) is 0 Å². The van der Waals surface area contributed by atoms with Crippen molar-refractivity contribution in [3.63, 3.8) is 0 Å². The van der Waals surface area contributed by atoms with Crippen LogP contribution in [0.1, 0.15) is 47.5 Å². The molecule has 3 N–H and O–H groups in total. The number of carboxylic acids is 1. The molecule has 0 aromatic heterocycles. The molecule has 0 saturated carbocycles. The fourth-order valence-corrected chi connectivity index (χ4v) is 2.84. The van der Waals surface area contributed by atoms with E-state index in [1.54, 1.807) is 11.8 Å². The van der Waals surface area contributed by atoms with E-state index in [0.29, 0.717) is 12.2 Å². The van der Waals surface area contributed by atoms with Crippen LogP contribution < -0.4 is 10.6 Å². The van der Waals surface area contributed by atoms with E-state index in [2.05, 4.69) is 31.4 Å². The molecule has 5 nitrogen and oxygen atoms in total. The largest absolute Gasteiger partial charge is 0.480 e. The topological polar surface area (TPSA) is 78.4 Å². The zero-order valence-corrected chi connectivity index (χ0v) is 14.2. The first-order valence-corrected chi connectivity index (χ1v) is 8.17. The van der Waals surface area contributed by atoms with E-state index in [9.17, 15) is 9.59 Å². The Kier molecular flexibility index (Phi) is 7.41. The molecule has 0 aliphatic heterocycles. The lowest BCUT2D eigenvalue weighted by atomic mass is 9.82. The van der Waals surface area contributed by atoms with Crippen LogP contribution in [0.3, 0.4) is 0 Å². The number of urea groups is 1. The minimum Gasteiger partial charge on any atom is -0.480 e. The van der Waals surface area contributed by atoms with Crippen LogP contribution in [-0.2, 0) is 4.79 Å². The Bertz CT molecular complexity index is 338. The number of carboxylic acid groups (broad SMARTS) is 1. The first-order valence-electron chi connectivity index (χ1n) is 6.77. The second-order valence-corrected chi connectivity index (χ2v) is 7.88. The standard InChI is InChI=1S/C14H28N2O3S/c1-13(2,3)9-14(4,5)16-12(19)15-10(11(17)18)7-8-20-6/h10H,7-9H2,1-6H3,(H,17,18)(H2,15,16,19)/t10-/m1/s1. The monoisotopic (exact) mass is 304 g/mol. The molecule has 1 atom stereocenters. The highest BCUT2D eigenvalue weighted by Crippen LogP contribution is 2.26. The van der Waals surface area contributed by atoms with Crippen molar-refractivity contribution in [3.8, 4) is 0 Å². The zero-order valence-electron chi connectivity index (χ0n) is 13.4. The number of carbonyl (C=O) groups is 2. The van der Waals surface area contributed by atoms with Crippen LogP contribution >= 0.6 is 11.8 Å². The fraction of sp³-hybridized carbons (Fsp3) is 0.857. The molecule has 0 radical (unpaired) electrons. The molecule has 118 valence electrons. The van der Waals surface area contributed by atoms with Crippen LogP contribution in [0.2, 0.25) is 0 Å². The Morgan fingerprint density at radius 1 is 1.20 bits per heavy atom. The molecule has 6 heteroatoms. The second kappa shape index (κ2) is 7.76. The van der Waals surface area contributed by atoms with E-state index in [-0.39, 0.29) is 11.0 Å². The van der Waals surface area contributed by atoms with Crippen molar-refractivity contribution in [2.45, 2.75) is 59.0 Å². The number of nitrogens with one attached hydrogen (secondary N) is 2. The number of rotatable bonds is 7. The van der Waals surface area contributed by atoms with Crippen molar-refractivity contribution in [1.29, 1.82) is 0 Å². The Balaban J connectivity index is 4.48. The van der Waals surface area contributed by atoms with Crippen LogP contribution in [0.25, 0.3) is 0 Å². The van der Waals surface area contributed by atoms with Crippen molar-refractivity contribution < 1.29 is 14.7 Å². The molecular formula is C14H28N2O3S. The smallest absolute Gasteiger partial charge is 0.326 e. The SMILES string of the molecule is CSCC[C@@H](NC(=O)NC(C)(C)CC(C)(C)C)C(=O)O. The summed E-state index contributed by atoms with van der Waals surface area (Å²) in [7, 11) is 0. The average molecular weight is 304 g/mol. The summed E-state index contributed by atoms with van der Waals surface area (Å²) in [5, 5.41) is 14.5. The number of hydrogen-bond acceptors (Lipinski definition) is 3. The molecule has 0 fully saturated rings. The van der Waals surface area contributed by atoms with E-state index in [1.807, 2.05) is 20.1 Å². The van der Waals surface area contributed by atoms with Crippen LogP contribution in [0.5, 0.6) is 0 Å². The van der Waals surface area contributed by atoms with E-state index in [1.165, 1.54) is 0 Å². The van der Waals surface area contributed by atoms with E-state index < -0.39 is 18.0 Å². The van der Waals surface area contributed by atoms with Gasteiger partial charge in [-0.25, -0.2) is 9.59 Å². The van der Waals surface area contributed by atoms with Gasteiger partial charge in [-0.05, 0) is 44.1 Å². The van der Waals surface area contributed by atoms with Gasteiger partial charge in [-0.2, -0.15) is 11.8 Å². The molecule has 0 aliphatic rings. The summed E-state index contributed by atoms with van der Waals surface area (Å²) in [5.41, 5.74) is -0.299. The number of aliphatic carboxylic acids is 1. The predicted molar refractivity (Wildman–Crippen MR) is 84.2 cm³/mol. The molecule has 0 spiro atoms. The highest BCUT2D eigenvalue weighted by atomic mass is 32.2. The molecule has 0 aromatic carbocycles. The minimum absolute atomic E-state index is 0.0851. The number of carbonyl (C=O) groups excluding carboxylic acids is 1. The first-order chi connectivity index (χ1) is 8.97. The maximum absolute atomic E-state index is 11.9. The van der Waals surface area contributed by atoms with Crippen LogP contribution in [0, 0.1) is 5.41 Å². The molecule has 0 heterocycles. The zero-order chi connectivity index (χ0) is 16.0. The van der Waals surface area contributed by atoms with Crippen LogP contribution in [0.4, 0.5) is 4.79 Å². The molecule has 20 heavy (non-hydrogen) atoms. The Labute approximate surface area is 126 Å². The Hall–Kier alpha value is -0.910. The lowest BCUT2D eigenvalue weighted by Crippen LogP contribution is -2.53. The van der Waals surface area contributed by atoms with Gasteiger partial charge in [0, 0.05) is 5.54 Å². The summed E-state index contributed by atoms with van der Waals surface area (Å²) >= 11 is 1.56. The van der Waals surface area contributed by atoms with Crippen LogP contribution in [-0.4, -0.2) is 40.7 Å². The third-order valence-electron chi connectivity index (χ3n) is 2.64. The van der Waals surface area contributed by atoms with Gasteiger partial charge in [-0.1, -0.05) is 20.8 Å². The fourth-order valence-electron chi connectivity index (χ4n) is 2.36. The van der Waals surface area contributed by atoms with Gasteiger partial charge in [0.15, 0.2) is 0 Å². The molecule has 0 rings (SSSR count).